The van der Waals surface area contributed by atoms with Gasteiger partial charge in [0.2, 0.25) is 6.79 Å². The number of benzene rings is 1. The molecule has 1 saturated heterocycles. The van der Waals surface area contributed by atoms with Crippen LogP contribution in [-0.2, 0) is 11.3 Å². The minimum absolute atomic E-state index is 0.186. The number of nitrogens with zero attached hydrogens (tertiary/aromatic N) is 2. The summed E-state index contributed by atoms with van der Waals surface area (Å²) < 4.78 is 25.0. The van der Waals surface area contributed by atoms with Crippen molar-refractivity contribution in [2.45, 2.75) is 38.5 Å². The van der Waals surface area contributed by atoms with Gasteiger partial charge in [-0.1, -0.05) is 0 Å². The van der Waals surface area contributed by atoms with E-state index in [-0.39, 0.29) is 19.0 Å². The van der Waals surface area contributed by atoms with Crippen molar-refractivity contribution in [2.75, 3.05) is 13.4 Å². The van der Waals surface area contributed by atoms with Crippen molar-refractivity contribution in [1.82, 2.24) is 14.8 Å². The number of nitrogens with one attached hydrogen (secondary N) is 1. The molecule has 2 aliphatic rings. The summed E-state index contributed by atoms with van der Waals surface area (Å²) >= 11 is 5.35. The van der Waals surface area contributed by atoms with E-state index in [0.29, 0.717) is 22.8 Å². The van der Waals surface area contributed by atoms with Crippen LogP contribution in [0.25, 0.3) is 0 Å². The third-order valence-corrected chi connectivity index (χ3v) is 4.53. The highest BCUT2D eigenvalue weighted by Crippen LogP contribution is 2.36. The van der Waals surface area contributed by atoms with Crippen molar-refractivity contribution in [3.8, 4) is 17.2 Å². The fourth-order valence-electron chi connectivity index (χ4n) is 3.02. The topological polar surface area (TPSA) is 70.5 Å². The van der Waals surface area contributed by atoms with Crippen molar-refractivity contribution in [2.24, 2.45) is 0 Å². The summed E-state index contributed by atoms with van der Waals surface area (Å²) in [5, 5.41) is 7.19. The van der Waals surface area contributed by atoms with Gasteiger partial charge in [-0.2, -0.15) is 5.10 Å². The lowest BCUT2D eigenvalue weighted by Crippen LogP contribution is -2.19. The third-order valence-electron chi connectivity index (χ3n) is 4.22. The quantitative estimate of drug-likeness (QED) is 0.837. The number of aromatic amines is 1. The Hall–Kier alpha value is -2.06. The lowest BCUT2D eigenvalue weighted by Gasteiger charge is -2.17. The Kier molecular flexibility index (Phi) is 4.15. The largest absolute Gasteiger partial charge is 0.483 e. The first-order valence-corrected chi connectivity index (χ1v) is 8.44. The lowest BCUT2D eigenvalue weighted by molar-refractivity contribution is 0.0935. The van der Waals surface area contributed by atoms with Gasteiger partial charge in [-0.15, -0.1) is 0 Å². The number of aromatic nitrogens is 3. The first-order valence-electron chi connectivity index (χ1n) is 8.04. The highest BCUT2D eigenvalue weighted by atomic mass is 32.1. The van der Waals surface area contributed by atoms with Gasteiger partial charge in [0.1, 0.15) is 5.75 Å². The molecule has 1 fully saturated rings. The molecule has 1 N–H and O–H groups in total. The fourth-order valence-corrected chi connectivity index (χ4v) is 3.23. The Morgan fingerprint density at radius 2 is 2.29 bits per heavy atom. The molecule has 1 aromatic heterocycles. The minimum atomic E-state index is -0.264. The first kappa shape index (κ1) is 15.5. The third kappa shape index (κ3) is 2.99. The number of fused-ring (bicyclic) bond motifs is 1. The summed E-state index contributed by atoms with van der Waals surface area (Å²) in [6.45, 7) is 3.70. The smallest absolute Gasteiger partial charge is 0.231 e. The fraction of sp³-hybridized carbons (Fsp3) is 0.500. The van der Waals surface area contributed by atoms with E-state index in [1.165, 1.54) is 0 Å². The number of ether oxygens (including phenoxy) is 4. The number of H-pyrrole nitrogens is 1. The monoisotopic (exact) mass is 349 g/mol. The van der Waals surface area contributed by atoms with Gasteiger partial charge in [0.05, 0.1) is 12.6 Å². The van der Waals surface area contributed by atoms with Gasteiger partial charge in [-0.05, 0) is 44.1 Å². The predicted octanol–water partition coefficient (Wildman–Crippen LogP) is 2.99. The minimum Gasteiger partial charge on any atom is -0.483 e. The number of hydrogen-bond acceptors (Lipinski definition) is 6. The average Bonchev–Trinajstić information content (AvgIpc) is 3.30. The molecule has 2 aliphatic heterocycles. The Labute approximate surface area is 144 Å². The highest BCUT2D eigenvalue weighted by Gasteiger charge is 2.22. The summed E-state index contributed by atoms with van der Waals surface area (Å²) in [5.74, 6) is 2.88. The van der Waals surface area contributed by atoms with Gasteiger partial charge >= 0.3 is 0 Å². The molecule has 8 heteroatoms. The van der Waals surface area contributed by atoms with Gasteiger partial charge in [0, 0.05) is 12.7 Å². The standard InChI is InChI=1S/C16H19N3O4S/c1-10(23-11-4-5-13-14(7-11)22-9-21-13)15-17-18-16(24)19(15)8-12-3-2-6-20-12/h4-5,7,10,12H,2-3,6,8-9H2,1H3,(H,18,24)/t10-,12-/m0/s1. The van der Waals surface area contributed by atoms with Gasteiger partial charge in [-0.25, -0.2) is 0 Å². The molecular formula is C16H19N3O4S. The molecule has 0 unspecified atom stereocenters. The summed E-state index contributed by atoms with van der Waals surface area (Å²) in [6, 6.07) is 5.52. The van der Waals surface area contributed by atoms with Crippen LogP contribution in [0.15, 0.2) is 18.2 Å². The highest BCUT2D eigenvalue weighted by molar-refractivity contribution is 7.71. The summed E-state index contributed by atoms with van der Waals surface area (Å²) in [5.41, 5.74) is 0. The van der Waals surface area contributed by atoms with Crippen LogP contribution in [0, 0.1) is 4.77 Å². The molecule has 2 aromatic rings. The first-order chi connectivity index (χ1) is 11.7. The average molecular weight is 349 g/mol. The second-order valence-electron chi connectivity index (χ2n) is 5.91. The molecule has 0 radical (unpaired) electrons. The molecule has 4 rings (SSSR count). The van der Waals surface area contributed by atoms with E-state index < -0.39 is 0 Å². The van der Waals surface area contributed by atoms with Crippen LogP contribution in [0.4, 0.5) is 0 Å². The SMILES string of the molecule is C[C@H](Oc1ccc2c(c1)OCO2)c1n[nH]c(=S)n1C[C@@H]1CCCO1. The molecule has 1 aromatic carbocycles. The Balaban J connectivity index is 1.52. The molecule has 3 heterocycles. The van der Waals surface area contributed by atoms with E-state index >= 15 is 0 Å². The van der Waals surface area contributed by atoms with E-state index in [0.717, 1.165) is 31.0 Å². The molecule has 24 heavy (non-hydrogen) atoms. The number of rotatable bonds is 5. The van der Waals surface area contributed by atoms with E-state index in [1.54, 1.807) is 0 Å². The van der Waals surface area contributed by atoms with Gasteiger partial charge in [0.25, 0.3) is 0 Å². The lowest BCUT2D eigenvalue weighted by atomic mass is 10.2. The molecule has 0 bridgehead atoms. The van der Waals surface area contributed by atoms with Crippen molar-refractivity contribution >= 4 is 12.2 Å². The zero-order valence-electron chi connectivity index (χ0n) is 13.4. The zero-order valence-corrected chi connectivity index (χ0v) is 14.2. The van der Waals surface area contributed by atoms with Gasteiger partial charge in [0.15, 0.2) is 28.2 Å². The van der Waals surface area contributed by atoms with Crippen LogP contribution in [0.5, 0.6) is 17.2 Å². The van der Waals surface area contributed by atoms with Gasteiger partial charge in [-0.3, -0.25) is 9.67 Å². The molecule has 2 atom stereocenters. The van der Waals surface area contributed by atoms with Crippen LogP contribution in [0.1, 0.15) is 31.7 Å². The van der Waals surface area contributed by atoms with E-state index in [9.17, 15) is 0 Å². The van der Waals surface area contributed by atoms with E-state index in [1.807, 2.05) is 29.7 Å². The summed E-state index contributed by atoms with van der Waals surface area (Å²) in [4.78, 5) is 0. The van der Waals surface area contributed by atoms with Crippen LogP contribution in [-0.4, -0.2) is 34.3 Å². The maximum Gasteiger partial charge on any atom is 0.231 e. The summed E-state index contributed by atoms with van der Waals surface area (Å²) in [7, 11) is 0. The van der Waals surface area contributed by atoms with Gasteiger partial charge < -0.3 is 18.9 Å². The van der Waals surface area contributed by atoms with E-state index in [4.69, 9.17) is 31.2 Å². The maximum absolute atomic E-state index is 6.02. The van der Waals surface area contributed by atoms with Crippen LogP contribution in [0.2, 0.25) is 0 Å². The molecule has 0 saturated carbocycles. The summed E-state index contributed by atoms with van der Waals surface area (Å²) in [6.07, 6.45) is 2.06. The van der Waals surface area contributed by atoms with Crippen LogP contribution >= 0.6 is 12.2 Å². The Morgan fingerprint density at radius 3 is 3.12 bits per heavy atom. The number of hydrogen-bond donors (Lipinski definition) is 1. The molecule has 0 spiro atoms. The Bertz CT molecular complexity index is 782. The molecule has 0 aliphatic carbocycles. The molecule has 7 nitrogen and oxygen atoms in total. The predicted molar refractivity (Wildman–Crippen MR) is 88.0 cm³/mol. The second kappa shape index (κ2) is 6.45. The second-order valence-corrected chi connectivity index (χ2v) is 6.29. The Morgan fingerprint density at radius 1 is 1.42 bits per heavy atom. The molecular weight excluding hydrogens is 330 g/mol. The van der Waals surface area contributed by atoms with Crippen LogP contribution < -0.4 is 14.2 Å². The van der Waals surface area contributed by atoms with Crippen molar-refractivity contribution in [1.29, 1.82) is 0 Å². The van der Waals surface area contributed by atoms with Crippen LogP contribution in [0.3, 0.4) is 0 Å². The molecule has 128 valence electrons. The van der Waals surface area contributed by atoms with E-state index in [2.05, 4.69) is 10.2 Å². The molecule has 0 amide bonds. The maximum atomic E-state index is 6.02. The van der Waals surface area contributed by atoms with Crippen molar-refractivity contribution in [3.63, 3.8) is 0 Å². The zero-order chi connectivity index (χ0) is 16.5. The van der Waals surface area contributed by atoms with Crippen molar-refractivity contribution < 1.29 is 18.9 Å². The normalized spacial score (nSPS) is 20.3. The van der Waals surface area contributed by atoms with Crippen molar-refractivity contribution in [3.05, 3.63) is 28.8 Å².